The van der Waals surface area contributed by atoms with Gasteiger partial charge in [0.05, 0.1) is 31.7 Å². The van der Waals surface area contributed by atoms with E-state index in [1.165, 1.54) is 0 Å². The first kappa shape index (κ1) is 20.5. The predicted molar refractivity (Wildman–Crippen MR) is 115 cm³/mol. The van der Waals surface area contributed by atoms with E-state index in [4.69, 9.17) is 14.5 Å². The number of fused-ring (bicyclic) bond motifs is 1. The molecule has 29 heavy (non-hydrogen) atoms. The maximum atomic E-state index is 12.4. The molecule has 0 radical (unpaired) electrons. The molecule has 1 aromatic heterocycles. The Bertz CT molecular complexity index is 1020. The summed E-state index contributed by atoms with van der Waals surface area (Å²) >= 11 is 0. The number of carbonyl (C=O) groups is 1. The zero-order chi connectivity index (χ0) is 20.8. The Morgan fingerprint density at radius 2 is 1.90 bits per heavy atom. The zero-order valence-corrected chi connectivity index (χ0v) is 17.2. The van der Waals surface area contributed by atoms with Crippen LogP contribution in [-0.2, 0) is 24.2 Å². The Kier molecular flexibility index (Phi) is 6.54. The third-order valence-electron chi connectivity index (χ3n) is 4.65. The van der Waals surface area contributed by atoms with Crippen LogP contribution < -0.4 is 14.8 Å². The highest BCUT2D eigenvalue weighted by atomic mass is 16.5. The molecule has 0 unspecified atom stereocenters. The lowest BCUT2D eigenvalue weighted by Gasteiger charge is -2.11. The van der Waals surface area contributed by atoms with Gasteiger partial charge in [0.25, 0.3) is 0 Å². The van der Waals surface area contributed by atoms with Crippen LogP contribution >= 0.6 is 0 Å². The molecule has 6 heteroatoms. The summed E-state index contributed by atoms with van der Waals surface area (Å²) in [5, 5.41) is 2.98. The van der Waals surface area contributed by atoms with Crippen molar-refractivity contribution in [1.29, 1.82) is 0 Å². The van der Waals surface area contributed by atoms with Gasteiger partial charge in [0, 0.05) is 19.5 Å². The van der Waals surface area contributed by atoms with Gasteiger partial charge in [-0.15, -0.1) is 0 Å². The number of imidazole rings is 1. The van der Waals surface area contributed by atoms with Gasteiger partial charge >= 0.3 is 0 Å². The van der Waals surface area contributed by atoms with E-state index >= 15 is 0 Å². The number of benzene rings is 2. The molecule has 0 aliphatic carbocycles. The topological polar surface area (TPSA) is 65.4 Å². The number of nitrogens with one attached hydrogen (secondary N) is 1. The van der Waals surface area contributed by atoms with E-state index in [9.17, 15) is 4.79 Å². The zero-order valence-electron chi connectivity index (χ0n) is 17.2. The molecule has 6 nitrogen and oxygen atoms in total. The van der Waals surface area contributed by atoms with Crippen molar-refractivity contribution in [3.8, 4) is 11.5 Å². The Morgan fingerprint density at radius 3 is 2.62 bits per heavy atom. The second-order valence-corrected chi connectivity index (χ2v) is 7.03. The van der Waals surface area contributed by atoms with E-state index in [0.717, 1.165) is 34.5 Å². The molecule has 3 rings (SSSR count). The van der Waals surface area contributed by atoms with Gasteiger partial charge in [-0.05, 0) is 36.8 Å². The van der Waals surface area contributed by atoms with Crippen molar-refractivity contribution >= 4 is 16.9 Å². The summed E-state index contributed by atoms with van der Waals surface area (Å²) in [4.78, 5) is 17.1. The van der Waals surface area contributed by atoms with E-state index in [0.29, 0.717) is 24.5 Å². The first-order valence-electron chi connectivity index (χ1n) is 9.58. The number of ether oxygens (including phenoxy) is 2. The van der Waals surface area contributed by atoms with Crippen molar-refractivity contribution in [2.45, 2.75) is 26.3 Å². The highest BCUT2D eigenvalue weighted by molar-refractivity contribution is 5.79. The molecule has 1 N–H and O–H groups in total. The quantitative estimate of drug-likeness (QED) is 0.565. The Labute approximate surface area is 171 Å². The number of para-hydroxylation sites is 2. The van der Waals surface area contributed by atoms with Gasteiger partial charge in [-0.3, -0.25) is 4.79 Å². The van der Waals surface area contributed by atoms with Crippen LogP contribution in [0.3, 0.4) is 0 Å². The van der Waals surface area contributed by atoms with E-state index in [1.807, 2.05) is 37.3 Å². The van der Waals surface area contributed by atoms with E-state index in [1.54, 1.807) is 20.3 Å². The summed E-state index contributed by atoms with van der Waals surface area (Å²) in [6, 6.07) is 13.6. The smallest absolute Gasteiger partial charge is 0.224 e. The minimum absolute atomic E-state index is 0.0419. The summed E-state index contributed by atoms with van der Waals surface area (Å²) < 4.78 is 12.7. The van der Waals surface area contributed by atoms with Crippen LogP contribution in [0.4, 0.5) is 0 Å². The minimum atomic E-state index is -0.0419. The van der Waals surface area contributed by atoms with Gasteiger partial charge in [0.2, 0.25) is 5.91 Å². The first-order chi connectivity index (χ1) is 14.0. The molecule has 1 heterocycles. The second kappa shape index (κ2) is 9.28. The number of hydrogen-bond acceptors (Lipinski definition) is 4. The van der Waals surface area contributed by atoms with E-state index < -0.39 is 0 Å². The second-order valence-electron chi connectivity index (χ2n) is 7.03. The molecule has 152 valence electrons. The standard InChI is InChI=1S/C23H27N3O3/c1-16(2)15-26-19-8-6-5-7-18(19)25-22(26)11-12-24-23(27)14-17-9-10-20(28-3)21(13-17)29-4/h5-10,13H,1,11-12,14-15H2,2-4H3,(H,24,27). The van der Waals surface area contributed by atoms with Gasteiger partial charge in [-0.1, -0.05) is 30.4 Å². The molecular weight excluding hydrogens is 366 g/mol. The van der Waals surface area contributed by atoms with E-state index in [2.05, 4.69) is 22.5 Å². The number of allylic oxidation sites excluding steroid dienone is 1. The molecule has 0 bridgehead atoms. The molecule has 0 spiro atoms. The number of aromatic nitrogens is 2. The molecular formula is C23H27N3O3. The molecule has 3 aromatic rings. The van der Waals surface area contributed by atoms with Crippen LogP contribution in [0.5, 0.6) is 11.5 Å². The first-order valence-corrected chi connectivity index (χ1v) is 9.58. The third-order valence-corrected chi connectivity index (χ3v) is 4.65. The van der Waals surface area contributed by atoms with Gasteiger partial charge in [-0.25, -0.2) is 4.98 Å². The normalized spacial score (nSPS) is 10.7. The van der Waals surface area contributed by atoms with Crippen molar-refractivity contribution < 1.29 is 14.3 Å². The largest absolute Gasteiger partial charge is 0.493 e. The van der Waals surface area contributed by atoms with Gasteiger partial charge < -0.3 is 19.4 Å². The highest BCUT2D eigenvalue weighted by Gasteiger charge is 2.12. The molecule has 1 amide bonds. The summed E-state index contributed by atoms with van der Waals surface area (Å²) in [5.74, 6) is 2.17. The SMILES string of the molecule is C=C(C)Cn1c(CCNC(=O)Cc2ccc(OC)c(OC)c2)nc2ccccc21. The van der Waals surface area contributed by atoms with E-state index in [-0.39, 0.29) is 12.3 Å². The lowest BCUT2D eigenvalue weighted by Crippen LogP contribution is -2.28. The van der Waals surface area contributed by atoms with Gasteiger partial charge in [-0.2, -0.15) is 0 Å². The van der Waals surface area contributed by atoms with Crippen LogP contribution in [-0.4, -0.2) is 36.2 Å². The lowest BCUT2D eigenvalue weighted by atomic mass is 10.1. The highest BCUT2D eigenvalue weighted by Crippen LogP contribution is 2.27. The van der Waals surface area contributed by atoms with Crippen molar-refractivity contribution in [3.63, 3.8) is 0 Å². The Morgan fingerprint density at radius 1 is 1.14 bits per heavy atom. The maximum absolute atomic E-state index is 12.4. The summed E-state index contributed by atoms with van der Waals surface area (Å²) in [7, 11) is 3.17. The van der Waals surface area contributed by atoms with Gasteiger partial charge in [0.1, 0.15) is 5.82 Å². The average Bonchev–Trinajstić information content (AvgIpc) is 3.04. The summed E-state index contributed by atoms with van der Waals surface area (Å²) in [6.45, 7) is 7.26. The number of nitrogens with zero attached hydrogens (tertiary/aromatic N) is 2. The Balaban J connectivity index is 1.62. The predicted octanol–water partition coefficient (Wildman–Crippen LogP) is 3.53. The molecule has 0 aliphatic rings. The van der Waals surface area contributed by atoms with Crippen molar-refractivity contribution in [1.82, 2.24) is 14.9 Å². The summed E-state index contributed by atoms with van der Waals surface area (Å²) in [5.41, 5.74) is 3.98. The monoisotopic (exact) mass is 393 g/mol. The van der Waals surface area contributed by atoms with Crippen LogP contribution in [0, 0.1) is 0 Å². The van der Waals surface area contributed by atoms with Crippen LogP contribution in [0.15, 0.2) is 54.6 Å². The Hall–Kier alpha value is -3.28. The number of rotatable bonds is 9. The molecule has 0 aliphatic heterocycles. The number of carbonyl (C=O) groups excluding carboxylic acids is 1. The molecule has 2 aromatic carbocycles. The fourth-order valence-corrected chi connectivity index (χ4v) is 3.31. The number of methoxy groups -OCH3 is 2. The fourth-order valence-electron chi connectivity index (χ4n) is 3.31. The average molecular weight is 393 g/mol. The third kappa shape index (κ3) is 4.96. The van der Waals surface area contributed by atoms with Crippen molar-refractivity contribution in [2.24, 2.45) is 0 Å². The van der Waals surface area contributed by atoms with Crippen LogP contribution in [0.25, 0.3) is 11.0 Å². The number of hydrogen-bond donors (Lipinski definition) is 1. The molecule has 0 saturated heterocycles. The fraction of sp³-hybridized carbons (Fsp3) is 0.304. The van der Waals surface area contributed by atoms with Gasteiger partial charge in [0.15, 0.2) is 11.5 Å². The number of amides is 1. The summed E-state index contributed by atoms with van der Waals surface area (Å²) in [6.07, 6.45) is 0.933. The maximum Gasteiger partial charge on any atom is 0.224 e. The molecule has 0 fully saturated rings. The van der Waals surface area contributed by atoms with Crippen molar-refractivity contribution in [2.75, 3.05) is 20.8 Å². The lowest BCUT2D eigenvalue weighted by molar-refractivity contribution is -0.120. The van der Waals surface area contributed by atoms with Crippen molar-refractivity contribution in [3.05, 3.63) is 66.0 Å². The molecule has 0 atom stereocenters. The van der Waals surface area contributed by atoms with Crippen LogP contribution in [0.1, 0.15) is 18.3 Å². The molecule has 0 saturated carbocycles. The minimum Gasteiger partial charge on any atom is -0.493 e. The van der Waals surface area contributed by atoms with Crippen LogP contribution in [0.2, 0.25) is 0 Å².